The van der Waals surface area contributed by atoms with Gasteiger partial charge in [0.05, 0.1) is 37.3 Å². The number of carbonyl (C=O) groups excluding carboxylic acids is 1. The Morgan fingerprint density at radius 1 is 1.18 bits per heavy atom. The highest BCUT2D eigenvalue weighted by Gasteiger charge is 2.23. The number of carbonyl (C=O) groups is 1. The van der Waals surface area contributed by atoms with E-state index in [1.165, 1.54) is 16.9 Å². The number of ketones is 1. The number of nitrogens with zero attached hydrogens (tertiary/aromatic N) is 1. The second-order valence-corrected chi connectivity index (χ2v) is 7.47. The van der Waals surface area contributed by atoms with Gasteiger partial charge in [-0.2, -0.15) is 0 Å². The third kappa shape index (κ3) is 4.13. The molecule has 28 heavy (non-hydrogen) atoms. The Morgan fingerprint density at radius 2 is 1.96 bits per heavy atom. The zero-order valence-electron chi connectivity index (χ0n) is 16.7. The number of thiophene rings is 1. The molecule has 0 aliphatic carbocycles. The number of ether oxygens (including phenoxy) is 3. The van der Waals surface area contributed by atoms with E-state index in [0.717, 1.165) is 30.6 Å². The molecule has 0 saturated carbocycles. The standard InChI is InChI=1S/C22H25NO4S/c1-23-11-9-15(10-12-23)21-19(26-3)14-18(25-2)16(22(21)27-4)7-8-17(24)20-6-5-13-28-20/h5-9,13-14H,10-12H2,1-4H3/b8-7+. The van der Waals surface area contributed by atoms with Gasteiger partial charge in [0.2, 0.25) is 0 Å². The van der Waals surface area contributed by atoms with Crippen LogP contribution in [0.15, 0.2) is 35.7 Å². The summed E-state index contributed by atoms with van der Waals surface area (Å²) in [6.07, 6.45) is 6.41. The van der Waals surface area contributed by atoms with Crippen LogP contribution in [-0.4, -0.2) is 52.1 Å². The van der Waals surface area contributed by atoms with Gasteiger partial charge in [0, 0.05) is 19.2 Å². The summed E-state index contributed by atoms with van der Waals surface area (Å²) in [5.74, 6) is 1.91. The summed E-state index contributed by atoms with van der Waals surface area (Å²) in [5.41, 5.74) is 2.82. The lowest BCUT2D eigenvalue weighted by Crippen LogP contribution is -2.24. The minimum atomic E-state index is -0.0463. The van der Waals surface area contributed by atoms with E-state index in [1.54, 1.807) is 33.5 Å². The summed E-state index contributed by atoms with van der Waals surface area (Å²) in [6, 6.07) is 5.53. The molecular weight excluding hydrogens is 374 g/mol. The predicted molar refractivity (Wildman–Crippen MR) is 114 cm³/mol. The lowest BCUT2D eigenvalue weighted by molar-refractivity contribution is 0.105. The van der Waals surface area contributed by atoms with Crippen LogP contribution in [0.1, 0.15) is 27.2 Å². The Bertz CT molecular complexity index is 900. The summed E-state index contributed by atoms with van der Waals surface area (Å²) in [4.78, 5) is 15.4. The molecule has 0 bridgehead atoms. The van der Waals surface area contributed by atoms with Gasteiger partial charge in [0.15, 0.2) is 5.78 Å². The van der Waals surface area contributed by atoms with Crippen LogP contribution in [0.25, 0.3) is 11.6 Å². The molecule has 0 atom stereocenters. The van der Waals surface area contributed by atoms with E-state index in [9.17, 15) is 4.79 Å². The summed E-state index contributed by atoms with van der Waals surface area (Å²) in [7, 11) is 6.97. The molecule has 0 fully saturated rings. The van der Waals surface area contributed by atoms with Crippen molar-refractivity contribution in [2.45, 2.75) is 6.42 Å². The summed E-state index contributed by atoms with van der Waals surface area (Å²) < 4.78 is 17.0. The minimum Gasteiger partial charge on any atom is -0.496 e. The van der Waals surface area contributed by atoms with Crippen LogP contribution in [0.2, 0.25) is 0 Å². The summed E-state index contributed by atoms with van der Waals surface area (Å²) >= 11 is 1.42. The molecule has 1 aliphatic heterocycles. The minimum absolute atomic E-state index is 0.0463. The molecule has 0 spiro atoms. The molecule has 3 rings (SSSR count). The Hall–Kier alpha value is -2.57. The Labute approximate surface area is 169 Å². The number of hydrogen-bond donors (Lipinski definition) is 0. The highest BCUT2D eigenvalue weighted by molar-refractivity contribution is 7.12. The van der Waals surface area contributed by atoms with E-state index < -0.39 is 0 Å². The molecule has 0 saturated heterocycles. The second-order valence-electron chi connectivity index (χ2n) is 6.52. The molecule has 0 N–H and O–H groups in total. The molecule has 2 heterocycles. The van der Waals surface area contributed by atoms with Gasteiger partial charge in [-0.25, -0.2) is 0 Å². The molecule has 6 heteroatoms. The largest absolute Gasteiger partial charge is 0.496 e. The van der Waals surface area contributed by atoms with Gasteiger partial charge >= 0.3 is 0 Å². The molecule has 148 valence electrons. The first kappa shape index (κ1) is 20.2. The maximum atomic E-state index is 12.4. The molecule has 5 nitrogen and oxygen atoms in total. The van der Waals surface area contributed by atoms with Crippen LogP contribution in [0.3, 0.4) is 0 Å². The van der Waals surface area contributed by atoms with Crippen molar-refractivity contribution in [1.29, 1.82) is 0 Å². The normalized spacial score (nSPS) is 14.8. The van der Waals surface area contributed by atoms with Crippen molar-refractivity contribution in [3.05, 3.63) is 51.7 Å². The average Bonchev–Trinajstić information content (AvgIpc) is 3.26. The van der Waals surface area contributed by atoms with Gasteiger partial charge in [0.25, 0.3) is 0 Å². The van der Waals surface area contributed by atoms with Gasteiger partial charge in [0.1, 0.15) is 17.2 Å². The topological polar surface area (TPSA) is 48.0 Å². The number of likely N-dealkylation sites (N-methyl/N-ethyl adjacent to an activating group) is 1. The van der Waals surface area contributed by atoms with Gasteiger partial charge in [-0.1, -0.05) is 12.1 Å². The molecular formula is C22H25NO4S. The quantitative estimate of drug-likeness (QED) is 0.510. The maximum absolute atomic E-state index is 12.4. The van der Waals surface area contributed by atoms with E-state index in [-0.39, 0.29) is 5.78 Å². The lowest BCUT2D eigenvalue weighted by Gasteiger charge is -2.25. The van der Waals surface area contributed by atoms with Crippen molar-refractivity contribution in [2.24, 2.45) is 0 Å². The predicted octanol–water partition coefficient (Wildman–Crippen LogP) is 4.39. The van der Waals surface area contributed by atoms with Crippen LogP contribution in [0.5, 0.6) is 17.2 Å². The van der Waals surface area contributed by atoms with Crippen molar-refractivity contribution < 1.29 is 19.0 Å². The number of allylic oxidation sites excluding steroid dienone is 1. The summed E-state index contributed by atoms with van der Waals surface area (Å²) in [6.45, 7) is 1.84. The molecule has 1 aromatic heterocycles. The zero-order chi connectivity index (χ0) is 20.1. The smallest absolute Gasteiger partial charge is 0.195 e. The lowest BCUT2D eigenvalue weighted by atomic mass is 9.94. The zero-order valence-corrected chi connectivity index (χ0v) is 17.5. The maximum Gasteiger partial charge on any atom is 0.195 e. The molecule has 1 aliphatic rings. The van der Waals surface area contributed by atoms with Crippen molar-refractivity contribution >= 4 is 28.8 Å². The van der Waals surface area contributed by atoms with Crippen LogP contribution < -0.4 is 14.2 Å². The van der Waals surface area contributed by atoms with Crippen LogP contribution in [-0.2, 0) is 0 Å². The SMILES string of the molecule is COc1cc(OC)c(C2=CCN(C)CC2)c(OC)c1/C=C/C(=O)c1cccs1. The van der Waals surface area contributed by atoms with Gasteiger partial charge in [-0.15, -0.1) is 11.3 Å². The van der Waals surface area contributed by atoms with Crippen molar-refractivity contribution in [1.82, 2.24) is 4.90 Å². The van der Waals surface area contributed by atoms with E-state index in [1.807, 2.05) is 23.6 Å². The van der Waals surface area contributed by atoms with Gasteiger partial charge < -0.3 is 19.1 Å². The highest BCUT2D eigenvalue weighted by Crippen LogP contribution is 2.45. The van der Waals surface area contributed by atoms with Crippen LogP contribution in [0.4, 0.5) is 0 Å². The highest BCUT2D eigenvalue weighted by atomic mass is 32.1. The third-order valence-electron chi connectivity index (χ3n) is 4.79. The monoisotopic (exact) mass is 399 g/mol. The molecule has 0 unspecified atom stereocenters. The van der Waals surface area contributed by atoms with E-state index in [4.69, 9.17) is 14.2 Å². The fourth-order valence-electron chi connectivity index (χ4n) is 3.29. The first-order chi connectivity index (χ1) is 13.6. The average molecular weight is 400 g/mol. The first-order valence-electron chi connectivity index (χ1n) is 9.05. The van der Waals surface area contributed by atoms with Crippen LogP contribution >= 0.6 is 11.3 Å². The van der Waals surface area contributed by atoms with E-state index >= 15 is 0 Å². The molecule has 0 radical (unpaired) electrons. The van der Waals surface area contributed by atoms with Gasteiger partial charge in [-0.3, -0.25) is 4.79 Å². The van der Waals surface area contributed by atoms with E-state index in [0.29, 0.717) is 22.1 Å². The van der Waals surface area contributed by atoms with E-state index in [2.05, 4.69) is 18.0 Å². The second kappa shape index (κ2) is 9.08. The molecule has 2 aromatic rings. The van der Waals surface area contributed by atoms with Crippen molar-refractivity contribution in [3.63, 3.8) is 0 Å². The first-order valence-corrected chi connectivity index (χ1v) is 9.93. The fraction of sp³-hybridized carbons (Fsp3) is 0.318. The fourth-order valence-corrected chi connectivity index (χ4v) is 3.93. The van der Waals surface area contributed by atoms with Gasteiger partial charge in [-0.05, 0) is 42.6 Å². The molecule has 1 aromatic carbocycles. The van der Waals surface area contributed by atoms with Crippen molar-refractivity contribution in [2.75, 3.05) is 41.5 Å². The Morgan fingerprint density at radius 3 is 2.54 bits per heavy atom. The number of rotatable bonds is 7. The number of benzene rings is 1. The van der Waals surface area contributed by atoms with Crippen LogP contribution in [0, 0.1) is 0 Å². The third-order valence-corrected chi connectivity index (χ3v) is 5.67. The van der Waals surface area contributed by atoms with Crippen molar-refractivity contribution in [3.8, 4) is 17.2 Å². The number of hydrogen-bond acceptors (Lipinski definition) is 6. The summed E-state index contributed by atoms with van der Waals surface area (Å²) in [5, 5.41) is 1.89. The Kier molecular flexibility index (Phi) is 6.54. The number of methoxy groups -OCH3 is 3. The Balaban J connectivity index is 2.10. The molecule has 0 amide bonds.